The van der Waals surface area contributed by atoms with E-state index in [9.17, 15) is 4.79 Å². The number of rotatable bonds is 6. The molecule has 1 atom stereocenters. The highest BCUT2D eigenvalue weighted by Gasteiger charge is 2.29. The lowest BCUT2D eigenvalue weighted by Gasteiger charge is -2.21. The number of hydrogen-bond donors (Lipinski definition) is 2. The summed E-state index contributed by atoms with van der Waals surface area (Å²) in [5.74, 6) is -0.482. The van der Waals surface area contributed by atoms with Crippen molar-refractivity contribution in [3.63, 3.8) is 0 Å². The molecule has 8 nitrogen and oxygen atoms in total. The highest BCUT2D eigenvalue weighted by atomic mass is 16.1. The molecule has 0 aliphatic heterocycles. The standard InChI is InChI=1S/C12H21N7O/c1-12(2,3)10-8(7-19(4)17-10)9(11(13)20)15-5-6-16-18-14/h7,9,15H,5-6H2,1-4H3,(H2,13,20). The monoisotopic (exact) mass is 279 g/mol. The first-order chi connectivity index (χ1) is 9.27. The first kappa shape index (κ1) is 16.0. The molecule has 0 aromatic carbocycles. The average Bonchev–Trinajstić information content (AvgIpc) is 2.70. The van der Waals surface area contributed by atoms with Crippen molar-refractivity contribution >= 4 is 5.91 Å². The largest absolute Gasteiger partial charge is 0.368 e. The lowest BCUT2D eigenvalue weighted by Crippen LogP contribution is -2.36. The van der Waals surface area contributed by atoms with Crippen LogP contribution in [0.3, 0.4) is 0 Å². The fraction of sp³-hybridized carbons (Fsp3) is 0.667. The van der Waals surface area contributed by atoms with Crippen LogP contribution in [0.25, 0.3) is 10.4 Å². The van der Waals surface area contributed by atoms with Gasteiger partial charge in [0.1, 0.15) is 6.04 Å². The van der Waals surface area contributed by atoms with Gasteiger partial charge in [0.15, 0.2) is 0 Å². The van der Waals surface area contributed by atoms with Crippen molar-refractivity contribution in [2.24, 2.45) is 17.9 Å². The number of azide groups is 1. The van der Waals surface area contributed by atoms with E-state index in [1.54, 1.807) is 17.9 Å². The Balaban J connectivity index is 3.03. The van der Waals surface area contributed by atoms with Crippen LogP contribution in [0.4, 0.5) is 0 Å². The van der Waals surface area contributed by atoms with Gasteiger partial charge in [-0.1, -0.05) is 25.9 Å². The number of nitrogens with two attached hydrogens (primary N) is 1. The van der Waals surface area contributed by atoms with Crippen molar-refractivity contribution in [1.29, 1.82) is 0 Å². The summed E-state index contributed by atoms with van der Waals surface area (Å²) >= 11 is 0. The Morgan fingerprint density at radius 2 is 2.30 bits per heavy atom. The Morgan fingerprint density at radius 1 is 1.65 bits per heavy atom. The van der Waals surface area contributed by atoms with Crippen LogP contribution < -0.4 is 11.1 Å². The lowest BCUT2D eigenvalue weighted by atomic mass is 9.87. The summed E-state index contributed by atoms with van der Waals surface area (Å²) in [7, 11) is 1.80. The maximum absolute atomic E-state index is 11.7. The molecule has 0 aliphatic rings. The second-order valence-corrected chi connectivity index (χ2v) is 5.60. The van der Waals surface area contributed by atoms with Gasteiger partial charge in [-0.2, -0.15) is 5.10 Å². The molecule has 1 aromatic heterocycles. The summed E-state index contributed by atoms with van der Waals surface area (Å²) < 4.78 is 1.67. The van der Waals surface area contributed by atoms with Crippen molar-refractivity contribution in [2.75, 3.05) is 13.1 Å². The van der Waals surface area contributed by atoms with Crippen molar-refractivity contribution in [3.8, 4) is 0 Å². The molecule has 0 fully saturated rings. The van der Waals surface area contributed by atoms with Gasteiger partial charge in [-0.25, -0.2) is 0 Å². The fourth-order valence-corrected chi connectivity index (χ4v) is 1.97. The maximum Gasteiger partial charge on any atom is 0.239 e. The van der Waals surface area contributed by atoms with Gasteiger partial charge in [-0.3, -0.25) is 9.48 Å². The number of nitrogens with one attached hydrogen (secondary N) is 1. The molecule has 20 heavy (non-hydrogen) atoms. The SMILES string of the molecule is Cn1cc(C(NCCN=[N+]=[N-])C(N)=O)c(C(C)(C)C)n1. The molecule has 1 amide bonds. The zero-order valence-electron chi connectivity index (χ0n) is 12.3. The zero-order chi connectivity index (χ0) is 15.3. The first-order valence-electron chi connectivity index (χ1n) is 6.35. The Hall–Kier alpha value is -2.05. The van der Waals surface area contributed by atoms with E-state index in [1.165, 1.54) is 0 Å². The third kappa shape index (κ3) is 3.97. The molecule has 1 aromatic rings. The molecule has 0 bridgehead atoms. The van der Waals surface area contributed by atoms with Gasteiger partial charge in [0.05, 0.1) is 5.69 Å². The van der Waals surface area contributed by atoms with Crippen LogP contribution >= 0.6 is 0 Å². The second kappa shape index (κ2) is 6.40. The van der Waals surface area contributed by atoms with E-state index in [-0.39, 0.29) is 12.0 Å². The Bertz CT molecular complexity index is 522. The molecule has 0 saturated heterocycles. The minimum atomic E-state index is -0.646. The summed E-state index contributed by atoms with van der Waals surface area (Å²) in [6.45, 7) is 6.70. The Kier molecular flexibility index (Phi) is 5.12. The van der Waals surface area contributed by atoms with Gasteiger partial charge in [0.2, 0.25) is 5.91 Å². The van der Waals surface area contributed by atoms with Crippen LogP contribution in [0.2, 0.25) is 0 Å². The van der Waals surface area contributed by atoms with E-state index in [0.717, 1.165) is 11.3 Å². The van der Waals surface area contributed by atoms with Crippen molar-refractivity contribution in [1.82, 2.24) is 15.1 Å². The van der Waals surface area contributed by atoms with Crippen LogP contribution in [0, 0.1) is 0 Å². The smallest absolute Gasteiger partial charge is 0.239 e. The molecular weight excluding hydrogens is 258 g/mol. The van der Waals surface area contributed by atoms with Crippen LogP contribution in [-0.4, -0.2) is 28.8 Å². The van der Waals surface area contributed by atoms with Gasteiger partial charge in [-0.15, -0.1) is 0 Å². The minimum absolute atomic E-state index is 0.198. The number of amides is 1. The molecule has 3 N–H and O–H groups in total. The van der Waals surface area contributed by atoms with E-state index >= 15 is 0 Å². The maximum atomic E-state index is 11.7. The van der Waals surface area contributed by atoms with Crippen molar-refractivity contribution < 1.29 is 4.79 Å². The third-order valence-corrected chi connectivity index (χ3v) is 2.79. The number of aryl methyl sites for hydroxylation is 1. The summed E-state index contributed by atoms with van der Waals surface area (Å²) in [4.78, 5) is 14.3. The van der Waals surface area contributed by atoms with Gasteiger partial charge >= 0.3 is 0 Å². The van der Waals surface area contributed by atoms with Crippen LogP contribution in [0.1, 0.15) is 38.1 Å². The number of aromatic nitrogens is 2. The van der Waals surface area contributed by atoms with E-state index in [2.05, 4.69) is 20.4 Å². The molecule has 1 rings (SSSR count). The number of nitrogens with zero attached hydrogens (tertiary/aromatic N) is 5. The van der Waals surface area contributed by atoms with Crippen LogP contribution in [0.15, 0.2) is 11.3 Å². The normalized spacial score (nSPS) is 12.8. The molecule has 0 saturated carbocycles. The summed E-state index contributed by atoms with van der Waals surface area (Å²) in [6, 6.07) is -0.646. The summed E-state index contributed by atoms with van der Waals surface area (Å²) in [6.07, 6.45) is 1.79. The molecule has 110 valence electrons. The quantitative estimate of drug-likeness (QED) is 0.351. The topological polar surface area (TPSA) is 122 Å². The van der Waals surface area contributed by atoms with Crippen LogP contribution in [0.5, 0.6) is 0 Å². The summed E-state index contributed by atoms with van der Waals surface area (Å²) in [5, 5.41) is 10.8. The van der Waals surface area contributed by atoms with Gasteiger partial charge in [0, 0.05) is 42.2 Å². The molecule has 1 heterocycles. The van der Waals surface area contributed by atoms with Crippen LogP contribution in [-0.2, 0) is 17.3 Å². The van der Waals surface area contributed by atoms with E-state index < -0.39 is 11.9 Å². The number of carbonyl (C=O) groups excluding carboxylic acids is 1. The van der Waals surface area contributed by atoms with Crippen molar-refractivity contribution in [2.45, 2.75) is 32.2 Å². The van der Waals surface area contributed by atoms with Gasteiger partial charge in [-0.05, 0) is 5.53 Å². The second-order valence-electron chi connectivity index (χ2n) is 5.60. The minimum Gasteiger partial charge on any atom is -0.368 e. The van der Waals surface area contributed by atoms with Gasteiger partial charge in [0.25, 0.3) is 0 Å². The highest BCUT2D eigenvalue weighted by molar-refractivity contribution is 5.81. The molecular formula is C12H21N7O. The predicted molar refractivity (Wildman–Crippen MR) is 75.9 cm³/mol. The van der Waals surface area contributed by atoms with Gasteiger partial charge < -0.3 is 11.1 Å². The zero-order valence-corrected chi connectivity index (χ0v) is 12.3. The van der Waals surface area contributed by atoms with E-state index in [4.69, 9.17) is 11.3 Å². The Morgan fingerprint density at radius 3 is 2.80 bits per heavy atom. The summed E-state index contributed by atoms with van der Waals surface area (Å²) in [5.41, 5.74) is 15.1. The Labute approximate surface area is 118 Å². The first-order valence-corrected chi connectivity index (χ1v) is 6.35. The highest BCUT2D eigenvalue weighted by Crippen LogP contribution is 2.28. The molecule has 0 aliphatic carbocycles. The lowest BCUT2D eigenvalue weighted by molar-refractivity contribution is -0.120. The molecule has 1 unspecified atom stereocenters. The molecule has 0 spiro atoms. The third-order valence-electron chi connectivity index (χ3n) is 2.79. The number of primary amides is 1. The number of hydrogen-bond acceptors (Lipinski definition) is 4. The van der Waals surface area contributed by atoms with E-state index in [1.807, 2.05) is 20.8 Å². The fourth-order valence-electron chi connectivity index (χ4n) is 1.97. The number of carbonyl (C=O) groups is 1. The predicted octanol–water partition coefficient (Wildman–Crippen LogP) is 1.14. The average molecular weight is 279 g/mol. The molecule has 8 heteroatoms. The van der Waals surface area contributed by atoms with E-state index in [0.29, 0.717) is 6.54 Å². The molecule has 0 radical (unpaired) electrons. The van der Waals surface area contributed by atoms with Crippen molar-refractivity contribution in [3.05, 3.63) is 27.9 Å².